The minimum atomic E-state index is 0.250. The molecule has 0 aromatic carbocycles. The lowest BCUT2D eigenvalue weighted by Crippen LogP contribution is -1.79. The van der Waals surface area contributed by atoms with Crippen molar-refractivity contribution in [2.24, 2.45) is 0 Å². The van der Waals surface area contributed by atoms with Crippen LogP contribution in [0.15, 0.2) is 12.7 Å². The molecule has 0 bridgehead atoms. The van der Waals surface area contributed by atoms with Crippen LogP contribution in [0.25, 0.3) is 0 Å². The third kappa shape index (κ3) is 27.6. The van der Waals surface area contributed by atoms with Gasteiger partial charge in [-0.05, 0) is 19.3 Å². The summed E-state index contributed by atoms with van der Waals surface area (Å²) in [4.78, 5) is 16.2. The van der Waals surface area contributed by atoms with Gasteiger partial charge in [0.2, 0.25) is 0 Å². The first-order valence-corrected chi connectivity index (χ1v) is 3.04. The average Bonchev–Trinajstić information content (AvgIpc) is 1.91. The van der Waals surface area contributed by atoms with Crippen LogP contribution in [0, 0.1) is 0 Å². The number of unbranched alkanes of at least 4 members (excludes halogenated alkanes) is 2. The molecule has 3 nitrogen and oxygen atoms in total. The van der Waals surface area contributed by atoms with E-state index < -0.39 is 0 Å². The van der Waals surface area contributed by atoms with Crippen molar-refractivity contribution in [1.29, 1.82) is 0 Å². The van der Waals surface area contributed by atoms with Crippen molar-refractivity contribution in [3.8, 4) is 0 Å². The van der Waals surface area contributed by atoms with Crippen molar-refractivity contribution in [2.45, 2.75) is 19.3 Å². The van der Waals surface area contributed by atoms with Crippen molar-refractivity contribution in [2.75, 3.05) is 6.61 Å². The molecule has 0 heterocycles. The number of allylic oxidation sites excluding steroid dienone is 1. The van der Waals surface area contributed by atoms with Crippen LogP contribution < -0.4 is 0 Å². The quantitative estimate of drug-likeness (QED) is 0.468. The van der Waals surface area contributed by atoms with Gasteiger partial charge in [-0.3, -0.25) is 0 Å². The second kappa shape index (κ2) is 15.7. The predicted molar refractivity (Wildman–Crippen MR) is 36.1 cm³/mol. The first-order chi connectivity index (χ1) is 4.83. The van der Waals surface area contributed by atoms with Gasteiger partial charge in [0.1, 0.15) is 0 Å². The molecule has 0 atom stereocenters. The summed E-state index contributed by atoms with van der Waals surface area (Å²) in [5, 5.41) is 8.26. The monoisotopic (exact) mass is 144 g/mol. The summed E-state index contributed by atoms with van der Waals surface area (Å²) >= 11 is 0. The van der Waals surface area contributed by atoms with Crippen LogP contribution in [0.4, 0.5) is 0 Å². The fourth-order valence-electron chi connectivity index (χ4n) is 0.400. The van der Waals surface area contributed by atoms with Crippen LogP contribution in [0.1, 0.15) is 19.3 Å². The summed E-state index contributed by atoms with van der Waals surface area (Å²) in [5.41, 5.74) is 0. The normalized spacial score (nSPS) is 6.90. The molecule has 0 saturated carbocycles. The summed E-state index contributed by atoms with van der Waals surface area (Å²) in [5.74, 6) is 0. The molecule has 0 aromatic rings. The minimum absolute atomic E-state index is 0.250. The second-order valence-electron chi connectivity index (χ2n) is 1.59. The van der Waals surface area contributed by atoms with Gasteiger partial charge in [-0.25, -0.2) is 0 Å². The molecule has 3 heteroatoms. The molecule has 0 spiro atoms. The molecular weight excluding hydrogens is 132 g/mol. The zero-order valence-corrected chi connectivity index (χ0v) is 5.88. The highest BCUT2D eigenvalue weighted by molar-refractivity contribution is 5.20. The van der Waals surface area contributed by atoms with E-state index in [1.807, 2.05) is 6.08 Å². The average molecular weight is 144 g/mol. The Morgan fingerprint density at radius 2 is 1.90 bits per heavy atom. The summed E-state index contributed by atoms with van der Waals surface area (Å²) in [6, 6.07) is 0. The molecule has 0 unspecified atom stereocenters. The summed E-state index contributed by atoms with van der Waals surface area (Å²) in [7, 11) is 0. The Kier molecular flexibility index (Phi) is 18.6. The minimum Gasteiger partial charge on any atom is -0.396 e. The topological polar surface area (TPSA) is 54.4 Å². The maximum atomic E-state index is 8.26. The van der Waals surface area contributed by atoms with E-state index in [2.05, 4.69) is 6.58 Å². The van der Waals surface area contributed by atoms with Gasteiger partial charge in [0.05, 0.1) is 0 Å². The van der Waals surface area contributed by atoms with E-state index in [-0.39, 0.29) is 6.15 Å². The lowest BCUT2D eigenvalue weighted by Gasteiger charge is -1.87. The van der Waals surface area contributed by atoms with Gasteiger partial charge in [-0.2, -0.15) is 9.59 Å². The maximum Gasteiger partial charge on any atom is 0.373 e. The van der Waals surface area contributed by atoms with Gasteiger partial charge in [-0.1, -0.05) is 6.08 Å². The SMILES string of the molecule is C=CCCCCO.O=C=O. The van der Waals surface area contributed by atoms with Crippen LogP contribution in [-0.2, 0) is 9.59 Å². The number of hydrogen-bond acceptors (Lipinski definition) is 3. The number of aliphatic hydroxyl groups excluding tert-OH is 1. The van der Waals surface area contributed by atoms with E-state index in [9.17, 15) is 0 Å². The zero-order valence-electron chi connectivity index (χ0n) is 5.88. The van der Waals surface area contributed by atoms with E-state index in [0.717, 1.165) is 19.3 Å². The van der Waals surface area contributed by atoms with Crippen molar-refractivity contribution < 1.29 is 14.7 Å². The smallest absolute Gasteiger partial charge is 0.373 e. The lowest BCUT2D eigenvalue weighted by molar-refractivity contribution is -0.191. The van der Waals surface area contributed by atoms with Crippen LogP contribution in [-0.4, -0.2) is 17.9 Å². The van der Waals surface area contributed by atoms with Crippen LogP contribution in [0.2, 0.25) is 0 Å². The van der Waals surface area contributed by atoms with Crippen molar-refractivity contribution in [3.63, 3.8) is 0 Å². The Labute approximate surface area is 60.4 Å². The highest BCUT2D eigenvalue weighted by atomic mass is 16.3. The fourth-order valence-corrected chi connectivity index (χ4v) is 0.400. The lowest BCUT2D eigenvalue weighted by atomic mass is 10.2. The number of hydrogen-bond donors (Lipinski definition) is 1. The maximum absolute atomic E-state index is 8.26. The van der Waals surface area contributed by atoms with Gasteiger partial charge >= 0.3 is 6.15 Å². The van der Waals surface area contributed by atoms with Crippen LogP contribution in [0.5, 0.6) is 0 Å². The third-order valence-electron chi connectivity index (χ3n) is 0.816. The largest absolute Gasteiger partial charge is 0.396 e. The fraction of sp³-hybridized carbons (Fsp3) is 0.571. The molecule has 0 amide bonds. The van der Waals surface area contributed by atoms with E-state index >= 15 is 0 Å². The zero-order chi connectivity index (χ0) is 8.24. The molecule has 0 aliphatic rings. The molecule has 0 aromatic heterocycles. The Hall–Kier alpha value is -0.920. The van der Waals surface area contributed by atoms with Gasteiger partial charge in [0.25, 0.3) is 0 Å². The Bertz CT molecular complexity index is 93.0. The van der Waals surface area contributed by atoms with Gasteiger partial charge in [-0.15, -0.1) is 6.58 Å². The van der Waals surface area contributed by atoms with E-state index in [0.29, 0.717) is 6.61 Å². The van der Waals surface area contributed by atoms with Gasteiger partial charge in [0, 0.05) is 6.61 Å². The molecule has 10 heavy (non-hydrogen) atoms. The first kappa shape index (κ1) is 11.8. The molecule has 0 fully saturated rings. The first-order valence-electron chi connectivity index (χ1n) is 3.04. The summed E-state index contributed by atoms with van der Waals surface area (Å²) < 4.78 is 0. The van der Waals surface area contributed by atoms with Gasteiger partial charge in [0.15, 0.2) is 0 Å². The Morgan fingerprint density at radius 1 is 1.40 bits per heavy atom. The Balaban J connectivity index is 0. The van der Waals surface area contributed by atoms with Crippen molar-refractivity contribution in [1.82, 2.24) is 0 Å². The van der Waals surface area contributed by atoms with E-state index in [4.69, 9.17) is 14.7 Å². The second-order valence-corrected chi connectivity index (χ2v) is 1.59. The molecule has 0 aliphatic carbocycles. The molecule has 0 saturated heterocycles. The van der Waals surface area contributed by atoms with Crippen LogP contribution >= 0.6 is 0 Å². The molecule has 1 N–H and O–H groups in total. The number of aliphatic hydroxyl groups is 1. The molecule has 0 rings (SSSR count). The van der Waals surface area contributed by atoms with Gasteiger partial charge < -0.3 is 5.11 Å². The van der Waals surface area contributed by atoms with Crippen LogP contribution in [0.3, 0.4) is 0 Å². The van der Waals surface area contributed by atoms with Crippen molar-refractivity contribution in [3.05, 3.63) is 12.7 Å². The van der Waals surface area contributed by atoms with E-state index in [1.54, 1.807) is 0 Å². The molecule has 0 aliphatic heterocycles. The number of rotatable bonds is 4. The standard InChI is InChI=1S/C6H12O.CO2/c1-2-3-4-5-6-7;2-1-3/h2,7H,1,3-6H2;. The Morgan fingerprint density at radius 3 is 2.20 bits per heavy atom. The highest BCUT2D eigenvalue weighted by Crippen LogP contribution is 1.92. The summed E-state index contributed by atoms with van der Waals surface area (Å²) in [6.45, 7) is 3.86. The predicted octanol–water partition coefficient (Wildman–Crippen LogP) is 0.752. The third-order valence-corrected chi connectivity index (χ3v) is 0.816. The number of carbonyl (C=O) groups excluding carboxylic acids is 2. The van der Waals surface area contributed by atoms with Crippen molar-refractivity contribution >= 4 is 6.15 Å². The highest BCUT2D eigenvalue weighted by Gasteiger charge is 1.78. The van der Waals surface area contributed by atoms with E-state index in [1.165, 1.54) is 0 Å². The summed E-state index contributed by atoms with van der Waals surface area (Å²) in [6.07, 6.45) is 5.13. The molecule has 0 radical (unpaired) electrons. The molecular formula is C7H12O3. The molecule has 58 valence electrons.